The van der Waals surface area contributed by atoms with E-state index in [0.717, 1.165) is 5.56 Å². The predicted molar refractivity (Wildman–Crippen MR) is 51.4 cm³/mol. The molecule has 0 aliphatic rings. The second kappa shape index (κ2) is 3.54. The maximum atomic E-state index is 5.65. The van der Waals surface area contributed by atoms with Gasteiger partial charge in [0.05, 0.1) is 18.5 Å². The number of hydrogen-bond acceptors (Lipinski definition) is 3. The summed E-state index contributed by atoms with van der Waals surface area (Å²) < 4.78 is 5.00. The summed E-state index contributed by atoms with van der Waals surface area (Å²) in [7, 11) is 1.57. The maximum absolute atomic E-state index is 5.65. The number of nitrogen functional groups attached to an aromatic ring is 2. The van der Waals surface area contributed by atoms with Gasteiger partial charge in [-0.25, -0.2) is 0 Å². The Hall–Kier alpha value is -1.09. The molecule has 0 bridgehead atoms. The summed E-state index contributed by atoms with van der Waals surface area (Å²) >= 11 is 5.64. The van der Waals surface area contributed by atoms with Gasteiger partial charge >= 0.3 is 0 Å². The van der Waals surface area contributed by atoms with E-state index in [2.05, 4.69) is 0 Å². The lowest BCUT2D eigenvalue weighted by Crippen LogP contribution is -1.99. The van der Waals surface area contributed by atoms with E-state index in [1.807, 2.05) is 0 Å². The van der Waals surface area contributed by atoms with Gasteiger partial charge in [-0.05, 0) is 11.6 Å². The van der Waals surface area contributed by atoms with E-state index in [1.54, 1.807) is 19.2 Å². The van der Waals surface area contributed by atoms with Crippen molar-refractivity contribution in [3.63, 3.8) is 0 Å². The van der Waals surface area contributed by atoms with Gasteiger partial charge in [0.2, 0.25) is 0 Å². The van der Waals surface area contributed by atoms with Gasteiger partial charge in [-0.15, -0.1) is 11.6 Å². The molecule has 0 saturated heterocycles. The normalized spacial score (nSPS) is 9.83. The lowest BCUT2D eigenvalue weighted by Gasteiger charge is -2.08. The van der Waals surface area contributed by atoms with Crippen LogP contribution in [0.3, 0.4) is 0 Å². The second-order valence-corrected chi connectivity index (χ2v) is 2.69. The predicted octanol–water partition coefficient (Wildman–Crippen LogP) is 1.60. The molecule has 66 valence electrons. The van der Waals surface area contributed by atoms with Crippen molar-refractivity contribution in [3.8, 4) is 5.75 Å². The standard InChI is InChI=1S/C8H11ClN2O/c1-12-6-2-5(4-9)8(11)7(10)3-6/h2-3H,4,10-11H2,1H3. The quantitative estimate of drug-likeness (QED) is 0.545. The molecule has 0 spiro atoms. The van der Waals surface area contributed by atoms with Gasteiger partial charge in [0.1, 0.15) is 5.75 Å². The molecule has 0 radical (unpaired) electrons. The van der Waals surface area contributed by atoms with Gasteiger partial charge in [-0.1, -0.05) is 0 Å². The van der Waals surface area contributed by atoms with Gasteiger partial charge in [-0.3, -0.25) is 0 Å². The number of halogens is 1. The zero-order chi connectivity index (χ0) is 9.14. The number of anilines is 2. The minimum atomic E-state index is 0.341. The van der Waals surface area contributed by atoms with E-state index >= 15 is 0 Å². The van der Waals surface area contributed by atoms with Crippen LogP contribution < -0.4 is 16.2 Å². The summed E-state index contributed by atoms with van der Waals surface area (Å²) in [5, 5.41) is 0. The maximum Gasteiger partial charge on any atom is 0.121 e. The van der Waals surface area contributed by atoms with Gasteiger partial charge in [-0.2, -0.15) is 0 Å². The van der Waals surface area contributed by atoms with Crippen molar-refractivity contribution < 1.29 is 4.74 Å². The molecule has 0 aliphatic carbocycles. The monoisotopic (exact) mass is 186 g/mol. The molecule has 0 unspecified atom stereocenters. The Balaban J connectivity index is 3.19. The van der Waals surface area contributed by atoms with Gasteiger partial charge in [0.25, 0.3) is 0 Å². The van der Waals surface area contributed by atoms with Crippen LogP contribution >= 0.6 is 11.6 Å². The van der Waals surface area contributed by atoms with E-state index in [9.17, 15) is 0 Å². The average Bonchev–Trinajstić information content (AvgIpc) is 2.09. The van der Waals surface area contributed by atoms with E-state index in [1.165, 1.54) is 0 Å². The molecule has 4 heteroatoms. The third-order valence-corrected chi connectivity index (χ3v) is 1.94. The molecule has 3 nitrogen and oxygen atoms in total. The lowest BCUT2D eigenvalue weighted by molar-refractivity contribution is 0.415. The minimum absolute atomic E-state index is 0.341. The topological polar surface area (TPSA) is 61.3 Å². The van der Waals surface area contributed by atoms with Crippen LogP contribution in [0, 0.1) is 0 Å². The molecule has 0 heterocycles. The van der Waals surface area contributed by atoms with Crippen molar-refractivity contribution in [2.24, 2.45) is 0 Å². The number of benzene rings is 1. The molecule has 1 aromatic carbocycles. The number of alkyl halides is 1. The van der Waals surface area contributed by atoms with Gasteiger partial charge in [0.15, 0.2) is 0 Å². The first-order valence-electron chi connectivity index (χ1n) is 3.47. The largest absolute Gasteiger partial charge is 0.497 e. The fourth-order valence-corrected chi connectivity index (χ4v) is 1.16. The number of rotatable bonds is 2. The number of hydrogen-bond donors (Lipinski definition) is 2. The average molecular weight is 187 g/mol. The summed E-state index contributed by atoms with van der Waals surface area (Å²) in [5.74, 6) is 1.02. The van der Waals surface area contributed by atoms with Crippen LogP contribution in [0.15, 0.2) is 12.1 Å². The van der Waals surface area contributed by atoms with Crippen molar-refractivity contribution >= 4 is 23.0 Å². The molecule has 4 N–H and O–H groups in total. The Morgan fingerprint density at radius 3 is 2.58 bits per heavy atom. The SMILES string of the molecule is COc1cc(N)c(N)c(CCl)c1. The molecule has 1 aromatic rings. The van der Waals surface area contributed by atoms with Gasteiger partial charge in [0, 0.05) is 11.9 Å². The first-order chi connectivity index (χ1) is 5.69. The smallest absolute Gasteiger partial charge is 0.121 e. The molecule has 0 aliphatic heterocycles. The Morgan fingerprint density at radius 1 is 1.42 bits per heavy atom. The first kappa shape index (κ1) is 9.00. The molecule has 0 amide bonds. The van der Waals surface area contributed by atoms with Crippen molar-refractivity contribution in [1.82, 2.24) is 0 Å². The van der Waals surface area contributed by atoms with Crippen LogP contribution in [-0.2, 0) is 5.88 Å². The molecule has 0 fully saturated rings. The van der Waals surface area contributed by atoms with Crippen molar-refractivity contribution in [3.05, 3.63) is 17.7 Å². The summed E-state index contributed by atoms with van der Waals surface area (Å²) in [5.41, 5.74) is 13.1. The van der Waals surface area contributed by atoms with Crippen molar-refractivity contribution in [1.29, 1.82) is 0 Å². The van der Waals surface area contributed by atoms with Crippen molar-refractivity contribution in [2.75, 3.05) is 18.6 Å². The summed E-state index contributed by atoms with van der Waals surface area (Å²) in [6.07, 6.45) is 0. The molecule has 12 heavy (non-hydrogen) atoms. The number of nitrogens with two attached hydrogens (primary N) is 2. The number of ether oxygens (including phenoxy) is 1. The second-order valence-electron chi connectivity index (χ2n) is 2.42. The molecular weight excluding hydrogens is 176 g/mol. The highest BCUT2D eigenvalue weighted by Crippen LogP contribution is 2.27. The molecule has 1 rings (SSSR count). The van der Waals surface area contributed by atoms with Crippen LogP contribution in [-0.4, -0.2) is 7.11 Å². The van der Waals surface area contributed by atoms with Crippen LogP contribution in [0.1, 0.15) is 5.56 Å². The van der Waals surface area contributed by atoms with Crippen molar-refractivity contribution in [2.45, 2.75) is 5.88 Å². The van der Waals surface area contributed by atoms with Crippen LogP contribution in [0.25, 0.3) is 0 Å². The Kier molecular flexibility index (Phi) is 2.65. The van der Waals surface area contributed by atoms with Gasteiger partial charge < -0.3 is 16.2 Å². The summed E-state index contributed by atoms with van der Waals surface area (Å²) in [4.78, 5) is 0. The minimum Gasteiger partial charge on any atom is -0.497 e. The zero-order valence-corrected chi connectivity index (χ0v) is 7.56. The molecular formula is C8H11ClN2O. The van der Waals surface area contributed by atoms with Crippen LogP contribution in [0.2, 0.25) is 0 Å². The Morgan fingerprint density at radius 2 is 2.08 bits per heavy atom. The first-order valence-corrected chi connectivity index (χ1v) is 4.00. The fraction of sp³-hybridized carbons (Fsp3) is 0.250. The molecule has 0 aromatic heterocycles. The van der Waals surface area contributed by atoms with Crippen LogP contribution in [0.4, 0.5) is 11.4 Å². The third-order valence-electron chi connectivity index (χ3n) is 1.65. The number of methoxy groups -OCH3 is 1. The van der Waals surface area contributed by atoms with E-state index in [4.69, 9.17) is 27.8 Å². The Bertz CT molecular complexity index is 289. The third kappa shape index (κ3) is 1.56. The summed E-state index contributed by atoms with van der Waals surface area (Å²) in [6, 6.07) is 3.45. The van der Waals surface area contributed by atoms with Crippen LogP contribution in [0.5, 0.6) is 5.75 Å². The highest BCUT2D eigenvalue weighted by molar-refractivity contribution is 6.17. The van der Waals surface area contributed by atoms with E-state index < -0.39 is 0 Å². The van der Waals surface area contributed by atoms with E-state index in [-0.39, 0.29) is 0 Å². The molecule has 0 saturated carbocycles. The highest BCUT2D eigenvalue weighted by atomic mass is 35.5. The Labute approximate surface area is 76.3 Å². The van der Waals surface area contributed by atoms with E-state index in [0.29, 0.717) is 23.0 Å². The fourth-order valence-electron chi connectivity index (χ4n) is 0.936. The highest BCUT2D eigenvalue weighted by Gasteiger charge is 2.04. The summed E-state index contributed by atoms with van der Waals surface area (Å²) in [6.45, 7) is 0. The molecule has 0 atom stereocenters. The lowest BCUT2D eigenvalue weighted by atomic mass is 10.1. The zero-order valence-electron chi connectivity index (χ0n) is 6.80.